The van der Waals surface area contributed by atoms with Gasteiger partial charge < -0.3 is 59.7 Å². The number of nitrogens with zero attached hydrogens (tertiary/aromatic N) is 6. The lowest BCUT2D eigenvalue weighted by atomic mass is 10.3. The zero-order valence-electron chi connectivity index (χ0n) is 40.3. The van der Waals surface area contributed by atoms with Crippen molar-refractivity contribution in [2.45, 2.75) is 5.16 Å². The maximum absolute atomic E-state index is 12.3. The Morgan fingerprint density at radius 1 is 0.579 bits per heavy atom. The standard InChI is InChI=1S/C17H14ClN5O3S2.C11H11ClN2O3S.C9H10N2O2S.C6H4ClN3S.C2H2Cl2O/c1-25-11-3-9-13(5-12(11)26-2)28-17(21-9)23-15(24)7-27-16-20-8-4-14(18)19-6-10(8)22-16;1-16-7-3-6-9(4-8(7)17-2)18-11(13-6)14-10(15)5-12;1-12-6-3-5-8(4-7(6)13-2)14-9(10)11-5;7-5-1-3-4(2-8-5)10-6(11)9-3;3-1-2(4)5/h3-6H,7H2,1-2H3,(H,20,22)(H,21,23,24);3-4H,5H2,1-2H3,(H,13,14,15);3-4H,1-2H3,(H2,10,11);1-2H,(H2,9,10,11);1H2. The van der Waals surface area contributed by atoms with Crippen molar-refractivity contribution < 1.29 is 42.8 Å². The van der Waals surface area contributed by atoms with E-state index < -0.39 is 5.24 Å². The molecule has 10 rings (SSSR count). The van der Waals surface area contributed by atoms with Crippen LogP contribution in [0.5, 0.6) is 34.5 Å². The summed E-state index contributed by atoms with van der Waals surface area (Å²) in [5.41, 5.74) is 11.1. The summed E-state index contributed by atoms with van der Waals surface area (Å²) in [5.74, 6) is 3.34. The number of imidazole rings is 2. The molecule has 0 atom stereocenters. The summed E-state index contributed by atoms with van der Waals surface area (Å²) in [6, 6.07) is 14.3. The Bertz CT molecular complexity index is 3580. The van der Waals surface area contributed by atoms with Crippen molar-refractivity contribution in [2.75, 3.05) is 76.5 Å². The van der Waals surface area contributed by atoms with Gasteiger partial charge in [-0.25, -0.2) is 29.9 Å². The zero-order chi connectivity index (χ0) is 55.1. The number of aromatic amines is 3. The van der Waals surface area contributed by atoms with Crippen molar-refractivity contribution in [3.05, 3.63) is 76.0 Å². The third-order valence-corrected chi connectivity index (χ3v) is 14.4. The molecule has 0 aliphatic carbocycles. The third kappa shape index (κ3) is 16.2. The first-order valence-electron chi connectivity index (χ1n) is 21.1. The molecule has 0 bridgehead atoms. The van der Waals surface area contributed by atoms with E-state index in [1.807, 2.05) is 24.3 Å². The fraction of sp³-hybridized carbons (Fsp3) is 0.200. The number of H-pyrrole nitrogens is 3. The molecule has 0 aliphatic rings. The molecule has 7 aromatic heterocycles. The van der Waals surface area contributed by atoms with Gasteiger partial charge >= 0.3 is 0 Å². The maximum Gasteiger partial charge on any atom is 0.241 e. The molecule has 2 amide bonds. The molecule has 0 saturated carbocycles. The molecule has 0 aliphatic heterocycles. The van der Waals surface area contributed by atoms with E-state index >= 15 is 0 Å². The minimum absolute atomic E-state index is 0.0947. The number of fused-ring (bicyclic) bond motifs is 5. The number of anilines is 3. The second-order valence-electron chi connectivity index (χ2n) is 14.3. The summed E-state index contributed by atoms with van der Waals surface area (Å²) < 4.78 is 34.7. The van der Waals surface area contributed by atoms with E-state index in [-0.39, 0.29) is 29.3 Å². The molecule has 0 saturated heterocycles. The Morgan fingerprint density at radius 3 is 1.50 bits per heavy atom. The first-order chi connectivity index (χ1) is 36.5. The average Bonchev–Trinajstić information content (AvgIpc) is 4.26. The highest BCUT2D eigenvalue weighted by Gasteiger charge is 2.15. The van der Waals surface area contributed by atoms with E-state index in [0.717, 1.165) is 47.2 Å². The number of hydrogen-bond acceptors (Lipinski definition) is 21. The Hall–Kier alpha value is -6.20. The number of alkyl halides is 2. The van der Waals surface area contributed by atoms with Gasteiger partial charge in [-0.15, -0.1) is 23.2 Å². The molecule has 3 aromatic carbocycles. The molecule has 0 radical (unpaired) electrons. The number of carbonyl (C=O) groups excluding carboxylic acids is 3. The number of pyridine rings is 2. The van der Waals surface area contributed by atoms with E-state index in [2.05, 4.69) is 55.5 Å². The second-order valence-corrected chi connectivity index (χ2v) is 20.5. The molecule has 0 unspecified atom stereocenters. The van der Waals surface area contributed by atoms with Gasteiger partial charge in [0.1, 0.15) is 16.2 Å². The fourth-order valence-corrected chi connectivity index (χ4v) is 9.98. The number of nitrogen functional groups attached to an aromatic ring is 1. The number of methoxy groups -OCH3 is 6. The quantitative estimate of drug-likeness (QED) is 0.0206. The van der Waals surface area contributed by atoms with Gasteiger partial charge in [0.05, 0.1) is 119 Å². The smallest absolute Gasteiger partial charge is 0.241 e. The number of aromatic nitrogens is 9. The minimum Gasteiger partial charge on any atom is -0.493 e. The summed E-state index contributed by atoms with van der Waals surface area (Å²) in [5, 5.41) is 7.93. The lowest BCUT2D eigenvalue weighted by molar-refractivity contribution is -0.114. The Labute approximate surface area is 477 Å². The van der Waals surface area contributed by atoms with Crippen LogP contribution >= 0.6 is 116 Å². The molecule has 31 heteroatoms. The van der Waals surface area contributed by atoms with Crippen molar-refractivity contribution in [1.82, 2.24) is 44.9 Å². The van der Waals surface area contributed by atoms with Gasteiger partial charge in [0.15, 0.2) is 59.8 Å². The molecule has 21 nitrogen and oxygen atoms in total. The molecule has 10 aromatic rings. The van der Waals surface area contributed by atoms with Crippen LogP contribution in [0.25, 0.3) is 52.7 Å². The van der Waals surface area contributed by atoms with Gasteiger partial charge in [0, 0.05) is 48.5 Å². The molecule has 0 spiro atoms. The van der Waals surface area contributed by atoms with Crippen molar-refractivity contribution in [2.24, 2.45) is 0 Å². The lowest BCUT2D eigenvalue weighted by Crippen LogP contribution is -2.13. The summed E-state index contributed by atoms with van der Waals surface area (Å²) in [6.45, 7) is 0. The molecule has 0 fully saturated rings. The van der Waals surface area contributed by atoms with Crippen LogP contribution in [-0.4, -0.2) is 122 Å². The number of hydrogen-bond donors (Lipinski definition) is 6. The van der Waals surface area contributed by atoms with Crippen LogP contribution in [0.3, 0.4) is 0 Å². The van der Waals surface area contributed by atoms with Crippen molar-refractivity contribution >= 4 is 201 Å². The number of rotatable bonds is 13. The van der Waals surface area contributed by atoms with Crippen LogP contribution in [0.1, 0.15) is 0 Å². The van der Waals surface area contributed by atoms with Crippen LogP contribution in [0.2, 0.25) is 10.3 Å². The number of ether oxygens (including phenoxy) is 6. The predicted molar refractivity (Wildman–Crippen MR) is 308 cm³/mol. The van der Waals surface area contributed by atoms with Gasteiger partial charge in [0.25, 0.3) is 0 Å². The van der Waals surface area contributed by atoms with Crippen LogP contribution < -0.4 is 44.8 Å². The van der Waals surface area contributed by atoms with Crippen LogP contribution in [0.4, 0.5) is 15.4 Å². The van der Waals surface area contributed by atoms with Crippen molar-refractivity contribution in [3.8, 4) is 34.5 Å². The number of nitrogens with one attached hydrogen (secondary N) is 5. The first-order valence-corrected chi connectivity index (χ1v) is 27.2. The Kier molecular flexibility index (Phi) is 22.0. The number of halogens is 5. The number of nitrogens with two attached hydrogens (primary N) is 1. The SMILES string of the molecule is COc1cc2nc(N)sc2cc1OC.COc1cc2nc(NC(=O)CCl)sc2cc1OC.COc1cc2nc(NC(=O)CSc3nc4cc(Cl)ncc4[nH]3)sc2cc1OC.O=C(Cl)CCl.S=c1[nH]c2cnc(Cl)cc2[nH]1. The zero-order valence-corrected chi connectivity index (χ0v) is 48.1. The predicted octanol–water partition coefficient (Wildman–Crippen LogP) is 11.6. The maximum atomic E-state index is 12.3. The van der Waals surface area contributed by atoms with Gasteiger partial charge in [0.2, 0.25) is 17.1 Å². The second kappa shape index (κ2) is 28.3. The molecule has 400 valence electrons. The normalized spacial score (nSPS) is 10.5. The van der Waals surface area contributed by atoms with Crippen LogP contribution in [0.15, 0.2) is 66.1 Å². The monoisotopic (exact) mass is 1230 g/mol. The largest absolute Gasteiger partial charge is 0.493 e. The van der Waals surface area contributed by atoms with Gasteiger partial charge in [-0.3, -0.25) is 14.4 Å². The Morgan fingerprint density at radius 2 is 1.01 bits per heavy atom. The Balaban J connectivity index is 0.000000169. The van der Waals surface area contributed by atoms with E-state index in [0.29, 0.717) is 75.6 Å². The fourth-order valence-electron chi connectivity index (χ4n) is 6.17. The average molecular weight is 1230 g/mol. The first kappa shape index (κ1) is 59.1. The van der Waals surface area contributed by atoms with Crippen LogP contribution in [0, 0.1) is 4.77 Å². The van der Waals surface area contributed by atoms with Crippen LogP contribution in [-0.2, 0) is 14.4 Å². The van der Waals surface area contributed by atoms with E-state index in [1.165, 1.54) is 45.8 Å². The molecular weight excluding hydrogens is 1190 g/mol. The number of amides is 2. The number of thioether (sulfide) groups is 1. The van der Waals surface area contributed by atoms with E-state index in [9.17, 15) is 14.4 Å². The third-order valence-electron chi connectivity index (χ3n) is 9.44. The molecule has 7 heterocycles. The van der Waals surface area contributed by atoms with Gasteiger partial charge in [-0.05, 0) is 23.8 Å². The minimum atomic E-state index is -0.508. The summed E-state index contributed by atoms with van der Waals surface area (Å²) >= 11 is 36.8. The summed E-state index contributed by atoms with van der Waals surface area (Å²) in [6.07, 6.45) is 3.25. The van der Waals surface area contributed by atoms with E-state index in [4.69, 9.17) is 104 Å². The van der Waals surface area contributed by atoms with Gasteiger partial charge in [-0.2, -0.15) is 0 Å². The van der Waals surface area contributed by atoms with E-state index in [1.54, 1.807) is 79.3 Å². The molecule has 76 heavy (non-hydrogen) atoms. The molecule has 7 N–H and O–H groups in total. The lowest BCUT2D eigenvalue weighted by Gasteiger charge is -2.05. The number of benzene rings is 3. The highest BCUT2D eigenvalue weighted by molar-refractivity contribution is 7.99. The highest BCUT2D eigenvalue weighted by atomic mass is 35.5. The highest BCUT2D eigenvalue weighted by Crippen LogP contribution is 2.38. The van der Waals surface area contributed by atoms with Crippen molar-refractivity contribution in [1.29, 1.82) is 0 Å². The topological polar surface area (TPSA) is 281 Å². The number of carbonyl (C=O) groups is 3. The molecular formula is C45H41Cl5N12O9S5. The van der Waals surface area contributed by atoms with Gasteiger partial charge in [-0.1, -0.05) is 69.0 Å². The summed E-state index contributed by atoms with van der Waals surface area (Å²) in [7, 11) is 9.48. The number of thiazole rings is 3. The van der Waals surface area contributed by atoms with Crippen molar-refractivity contribution in [3.63, 3.8) is 0 Å². The summed E-state index contributed by atoms with van der Waals surface area (Å²) in [4.78, 5) is 67.0.